The smallest absolute Gasteiger partial charge is 0.0746 e. The lowest BCUT2D eigenvalue weighted by molar-refractivity contribution is 0.0359. The SMILES string of the molecule is CC(C)CC(C)(O)CNC[C@H](C)O. The second kappa shape index (κ2) is 5.58. The maximum absolute atomic E-state index is 9.85. The number of rotatable bonds is 6. The lowest BCUT2D eigenvalue weighted by Crippen LogP contribution is -2.41. The lowest BCUT2D eigenvalue weighted by atomic mass is 9.94. The Morgan fingerprint density at radius 1 is 1.31 bits per heavy atom. The Morgan fingerprint density at radius 3 is 2.23 bits per heavy atom. The van der Waals surface area contributed by atoms with Crippen LogP contribution in [0.4, 0.5) is 0 Å². The van der Waals surface area contributed by atoms with E-state index in [0.717, 1.165) is 6.42 Å². The van der Waals surface area contributed by atoms with Gasteiger partial charge in [-0.25, -0.2) is 0 Å². The summed E-state index contributed by atoms with van der Waals surface area (Å²) in [6.07, 6.45) is 0.426. The summed E-state index contributed by atoms with van der Waals surface area (Å²) in [4.78, 5) is 0. The first-order chi connectivity index (χ1) is 5.83. The molecule has 0 saturated carbocycles. The summed E-state index contributed by atoms with van der Waals surface area (Å²) >= 11 is 0. The van der Waals surface area contributed by atoms with Gasteiger partial charge in [-0.3, -0.25) is 0 Å². The highest BCUT2D eigenvalue weighted by Gasteiger charge is 2.21. The molecule has 3 nitrogen and oxygen atoms in total. The Kier molecular flexibility index (Phi) is 5.53. The van der Waals surface area contributed by atoms with Crippen molar-refractivity contribution >= 4 is 0 Å². The molecule has 0 spiro atoms. The third-order valence-electron chi connectivity index (χ3n) is 1.79. The van der Waals surface area contributed by atoms with Crippen LogP contribution in [0, 0.1) is 5.92 Å². The van der Waals surface area contributed by atoms with Gasteiger partial charge in [0.2, 0.25) is 0 Å². The number of hydrogen-bond acceptors (Lipinski definition) is 3. The van der Waals surface area contributed by atoms with Crippen molar-refractivity contribution in [3.63, 3.8) is 0 Å². The Balaban J connectivity index is 3.62. The summed E-state index contributed by atoms with van der Waals surface area (Å²) in [6, 6.07) is 0. The van der Waals surface area contributed by atoms with Crippen molar-refractivity contribution in [3.05, 3.63) is 0 Å². The molecule has 0 aromatic rings. The van der Waals surface area contributed by atoms with Gasteiger partial charge in [-0.1, -0.05) is 13.8 Å². The summed E-state index contributed by atoms with van der Waals surface area (Å²) < 4.78 is 0. The minimum absolute atomic E-state index is 0.352. The molecule has 3 N–H and O–H groups in total. The lowest BCUT2D eigenvalue weighted by Gasteiger charge is -2.26. The molecule has 13 heavy (non-hydrogen) atoms. The van der Waals surface area contributed by atoms with Crippen LogP contribution >= 0.6 is 0 Å². The topological polar surface area (TPSA) is 52.5 Å². The Morgan fingerprint density at radius 2 is 1.85 bits per heavy atom. The quantitative estimate of drug-likeness (QED) is 0.578. The van der Waals surface area contributed by atoms with E-state index in [4.69, 9.17) is 5.11 Å². The van der Waals surface area contributed by atoms with Gasteiger partial charge in [0.05, 0.1) is 11.7 Å². The molecule has 0 aliphatic rings. The Bertz CT molecular complexity index is 133. The third kappa shape index (κ3) is 8.22. The van der Waals surface area contributed by atoms with Gasteiger partial charge in [-0.15, -0.1) is 0 Å². The summed E-state index contributed by atoms with van der Waals surface area (Å²) in [5, 5.41) is 21.9. The van der Waals surface area contributed by atoms with Crippen LogP contribution in [-0.4, -0.2) is 35.0 Å². The molecule has 1 unspecified atom stereocenters. The summed E-state index contributed by atoms with van der Waals surface area (Å²) in [5.74, 6) is 0.489. The molecular formula is C10H23NO2. The highest BCUT2D eigenvalue weighted by molar-refractivity contribution is 4.77. The first-order valence-corrected chi connectivity index (χ1v) is 4.94. The van der Waals surface area contributed by atoms with Crippen molar-refractivity contribution in [2.75, 3.05) is 13.1 Å². The van der Waals surface area contributed by atoms with Crippen molar-refractivity contribution in [3.8, 4) is 0 Å². The second-order valence-electron chi connectivity index (χ2n) is 4.57. The summed E-state index contributed by atoms with van der Waals surface area (Å²) in [5.41, 5.74) is -0.664. The van der Waals surface area contributed by atoms with Crippen LogP contribution in [0.25, 0.3) is 0 Å². The minimum atomic E-state index is -0.664. The van der Waals surface area contributed by atoms with Crippen molar-refractivity contribution < 1.29 is 10.2 Å². The van der Waals surface area contributed by atoms with Crippen LogP contribution in [0.3, 0.4) is 0 Å². The van der Waals surface area contributed by atoms with Crippen LogP contribution in [0.1, 0.15) is 34.1 Å². The predicted molar refractivity (Wildman–Crippen MR) is 54.6 cm³/mol. The molecule has 0 saturated heterocycles. The predicted octanol–water partition coefficient (Wildman–Crippen LogP) is 0.754. The molecule has 0 rings (SSSR count). The van der Waals surface area contributed by atoms with Crippen molar-refractivity contribution in [2.24, 2.45) is 5.92 Å². The van der Waals surface area contributed by atoms with Gasteiger partial charge in [0.1, 0.15) is 0 Å². The average molecular weight is 189 g/mol. The van der Waals surface area contributed by atoms with E-state index in [1.54, 1.807) is 6.92 Å². The average Bonchev–Trinajstić information content (AvgIpc) is 1.81. The normalized spacial score (nSPS) is 18.7. The fraction of sp³-hybridized carbons (Fsp3) is 1.00. The molecule has 0 bridgehead atoms. The summed E-state index contributed by atoms with van der Waals surface area (Å²) in [7, 11) is 0. The molecule has 0 aliphatic carbocycles. The molecule has 80 valence electrons. The van der Waals surface area contributed by atoms with E-state index in [1.807, 2.05) is 6.92 Å². The molecule has 0 aromatic heterocycles. The first kappa shape index (κ1) is 12.9. The van der Waals surface area contributed by atoms with E-state index in [0.29, 0.717) is 19.0 Å². The molecule has 0 heterocycles. The van der Waals surface area contributed by atoms with Crippen LogP contribution in [0.5, 0.6) is 0 Å². The van der Waals surface area contributed by atoms with E-state index < -0.39 is 5.60 Å². The van der Waals surface area contributed by atoms with Crippen molar-refractivity contribution in [2.45, 2.75) is 45.8 Å². The highest BCUT2D eigenvalue weighted by atomic mass is 16.3. The largest absolute Gasteiger partial charge is 0.392 e. The number of hydrogen-bond donors (Lipinski definition) is 3. The molecule has 2 atom stereocenters. The van der Waals surface area contributed by atoms with Crippen LogP contribution < -0.4 is 5.32 Å². The molecule has 3 heteroatoms. The van der Waals surface area contributed by atoms with E-state index in [-0.39, 0.29) is 6.10 Å². The molecular weight excluding hydrogens is 166 g/mol. The standard InChI is InChI=1S/C10H23NO2/c1-8(2)5-10(4,13)7-11-6-9(3)12/h8-9,11-13H,5-7H2,1-4H3/t9-,10?/m0/s1. The zero-order chi connectivity index (χ0) is 10.5. The van der Waals surface area contributed by atoms with E-state index >= 15 is 0 Å². The highest BCUT2D eigenvalue weighted by Crippen LogP contribution is 2.14. The summed E-state index contributed by atoms with van der Waals surface area (Å²) in [6.45, 7) is 8.79. The van der Waals surface area contributed by atoms with Crippen LogP contribution in [0.2, 0.25) is 0 Å². The fourth-order valence-corrected chi connectivity index (χ4v) is 1.50. The van der Waals surface area contributed by atoms with Gasteiger partial charge in [-0.05, 0) is 26.2 Å². The van der Waals surface area contributed by atoms with Gasteiger partial charge < -0.3 is 15.5 Å². The maximum atomic E-state index is 9.85. The fourth-order valence-electron chi connectivity index (χ4n) is 1.50. The van der Waals surface area contributed by atoms with E-state index in [2.05, 4.69) is 19.2 Å². The van der Waals surface area contributed by atoms with Crippen molar-refractivity contribution in [1.29, 1.82) is 0 Å². The number of nitrogens with one attached hydrogen (secondary N) is 1. The van der Waals surface area contributed by atoms with E-state index in [9.17, 15) is 5.11 Å². The zero-order valence-electron chi connectivity index (χ0n) is 9.17. The number of aliphatic hydroxyl groups is 2. The van der Waals surface area contributed by atoms with Gasteiger partial charge in [0.25, 0.3) is 0 Å². The Labute approximate surface area is 81.2 Å². The van der Waals surface area contributed by atoms with Gasteiger partial charge >= 0.3 is 0 Å². The Hall–Kier alpha value is -0.120. The monoisotopic (exact) mass is 189 g/mol. The number of aliphatic hydroxyl groups excluding tert-OH is 1. The first-order valence-electron chi connectivity index (χ1n) is 4.94. The maximum Gasteiger partial charge on any atom is 0.0746 e. The van der Waals surface area contributed by atoms with Crippen LogP contribution in [-0.2, 0) is 0 Å². The minimum Gasteiger partial charge on any atom is -0.392 e. The molecule has 0 aliphatic heterocycles. The molecule has 0 amide bonds. The van der Waals surface area contributed by atoms with Gasteiger partial charge in [-0.2, -0.15) is 0 Å². The van der Waals surface area contributed by atoms with Gasteiger partial charge in [0, 0.05) is 13.1 Å². The van der Waals surface area contributed by atoms with E-state index in [1.165, 1.54) is 0 Å². The van der Waals surface area contributed by atoms with Crippen molar-refractivity contribution in [1.82, 2.24) is 5.32 Å². The second-order valence-corrected chi connectivity index (χ2v) is 4.57. The molecule has 0 aromatic carbocycles. The third-order valence-corrected chi connectivity index (χ3v) is 1.79. The molecule has 0 radical (unpaired) electrons. The van der Waals surface area contributed by atoms with Crippen LogP contribution in [0.15, 0.2) is 0 Å². The molecule has 0 fully saturated rings. The van der Waals surface area contributed by atoms with Gasteiger partial charge in [0.15, 0.2) is 0 Å². The zero-order valence-corrected chi connectivity index (χ0v) is 9.17.